The van der Waals surface area contributed by atoms with Gasteiger partial charge in [0.05, 0.1) is 0 Å². The summed E-state index contributed by atoms with van der Waals surface area (Å²) in [5.74, 6) is 0.911. The molecule has 4 heteroatoms. The zero-order valence-electron chi connectivity index (χ0n) is 19.2. The Bertz CT molecular complexity index is 1300. The van der Waals surface area contributed by atoms with Crippen LogP contribution in [0.5, 0.6) is 5.75 Å². The summed E-state index contributed by atoms with van der Waals surface area (Å²) in [5, 5.41) is 10.3. The van der Waals surface area contributed by atoms with Gasteiger partial charge >= 0.3 is 0 Å². The third-order valence-electron chi connectivity index (χ3n) is 7.14. The standard InChI is InChI=1S/C29H29N3O/c1-3-32(4-2)17-18-33-21-15-16-23-22-11-5-6-12-24(22)29(25(23)19-21)30-26-13-7-9-20-10-8-14-27(31-29)28(20)26/h5-16,19,30-31H,3-4,17-18H2,1-2H3. The van der Waals surface area contributed by atoms with Crippen LogP contribution in [0, 0.1) is 0 Å². The third kappa shape index (κ3) is 3.09. The molecule has 1 spiro atoms. The summed E-state index contributed by atoms with van der Waals surface area (Å²) in [6.07, 6.45) is 0. The van der Waals surface area contributed by atoms with Gasteiger partial charge in [0.15, 0.2) is 5.66 Å². The molecule has 166 valence electrons. The second-order valence-electron chi connectivity index (χ2n) is 8.84. The van der Waals surface area contributed by atoms with Crippen molar-refractivity contribution in [2.75, 3.05) is 36.9 Å². The number of likely N-dealkylation sites (N-methyl/N-ethyl adjacent to an activating group) is 1. The van der Waals surface area contributed by atoms with Crippen molar-refractivity contribution < 1.29 is 4.74 Å². The maximum Gasteiger partial charge on any atom is 0.162 e. The minimum absolute atomic E-state index is 0.535. The lowest BCUT2D eigenvalue weighted by atomic mass is 9.91. The second kappa shape index (κ2) is 7.82. The molecule has 6 rings (SSSR count). The van der Waals surface area contributed by atoms with Gasteiger partial charge in [0.1, 0.15) is 12.4 Å². The molecular formula is C29H29N3O. The van der Waals surface area contributed by atoms with E-state index in [1.165, 1.54) is 33.0 Å². The number of nitrogens with one attached hydrogen (secondary N) is 2. The largest absolute Gasteiger partial charge is 0.492 e. The maximum atomic E-state index is 6.23. The summed E-state index contributed by atoms with van der Waals surface area (Å²) >= 11 is 0. The number of ether oxygens (including phenoxy) is 1. The molecule has 4 nitrogen and oxygen atoms in total. The van der Waals surface area contributed by atoms with Crippen molar-refractivity contribution in [1.82, 2.24) is 4.90 Å². The Kier molecular flexibility index (Phi) is 4.77. The SMILES string of the molecule is CCN(CC)CCOc1ccc2c(c1)C1(Nc3cccc4cccc(c34)N1)c1ccccc1-2. The van der Waals surface area contributed by atoms with Crippen LogP contribution in [0.3, 0.4) is 0 Å². The molecule has 0 fully saturated rings. The van der Waals surface area contributed by atoms with Crippen molar-refractivity contribution in [1.29, 1.82) is 0 Å². The molecule has 0 amide bonds. The Balaban J connectivity index is 1.44. The summed E-state index contributed by atoms with van der Waals surface area (Å²) in [6, 6.07) is 28.2. The summed E-state index contributed by atoms with van der Waals surface area (Å²) in [7, 11) is 0. The quantitative estimate of drug-likeness (QED) is 0.374. The first kappa shape index (κ1) is 20.1. The van der Waals surface area contributed by atoms with Crippen LogP contribution in [0.1, 0.15) is 25.0 Å². The molecule has 0 saturated carbocycles. The highest BCUT2D eigenvalue weighted by atomic mass is 16.5. The van der Waals surface area contributed by atoms with Gasteiger partial charge in [0.2, 0.25) is 0 Å². The Hall–Kier alpha value is -3.50. The molecule has 2 N–H and O–H groups in total. The first-order valence-corrected chi connectivity index (χ1v) is 11.9. The van der Waals surface area contributed by atoms with E-state index in [0.717, 1.165) is 36.8 Å². The van der Waals surface area contributed by atoms with Gasteiger partial charge in [-0.25, -0.2) is 0 Å². The molecule has 0 saturated heterocycles. The van der Waals surface area contributed by atoms with Crippen molar-refractivity contribution in [3.05, 3.63) is 90.0 Å². The average Bonchev–Trinajstić information content (AvgIpc) is 3.11. The number of hydrogen-bond acceptors (Lipinski definition) is 4. The van der Waals surface area contributed by atoms with Crippen LogP contribution in [0.15, 0.2) is 78.9 Å². The Morgan fingerprint density at radius 3 is 2.18 bits per heavy atom. The molecule has 4 aromatic rings. The molecule has 1 aliphatic carbocycles. The summed E-state index contributed by atoms with van der Waals surface area (Å²) in [4.78, 5) is 2.38. The zero-order chi connectivity index (χ0) is 22.4. The van der Waals surface area contributed by atoms with Gasteiger partial charge in [0, 0.05) is 34.4 Å². The predicted octanol–water partition coefficient (Wildman–Crippen LogP) is 6.28. The Morgan fingerprint density at radius 2 is 1.45 bits per heavy atom. The van der Waals surface area contributed by atoms with E-state index in [0.29, 0.717) is 6.61 Å². The number of fused-ring (bicyclic) bond motifs is 5. The van der Waals surface area contributed by atoms with E-state index >= 15 is 0 Å². The van der Waals surface area contributed by atoms with Crippen LogP contribution in [0.2, 0.25) is 0 Å². The minimum Gasteiger partial charge on any atom is -0.492 e. The highest BCUT2D eigenvalue weighted by Crippen LogP contribution is 2.53. The number of rotatable bonds is 6. The van der Waals surface area contributed by atoms with Crippen LogP contribution < -0.4 is 15.4 Å². The van der Waals surface area contributed by atoms with Crippen LogP contribution in [-0.2, 0) is 5.66 Å². The molecule has 1 aliphatic heterocycles. The fourth-order valence-electron chi connectivity index (χ4n) is 5.43. The normalized spacial score (nSPS) is 14.6. The third-order valence-corrected chi connectivity index (χ3v) is 7.14. The number of hydrogen-bond donors (Lipinski definition) is 2. The molecule has 0 bridgehead atoms. The monoisotopic (exact) mass is 435 g/mol. The van der Waals surface area contributed by atoms with Gasteiger partial charge in [-0.3, -0.25) is 0 Å². The smallest absolute Gasteiger partial charge is 0.162 e. The van der Waals surface area contributed by atoms with Gasteiger partial charge in [-0.2, -0.15) is 0 Å². The first-order chi connectivity index (χ1) is 16.2. The van der Waals surface area contributed by atoms with Crippen molar-refractivity contribution >= 4 is 22.1 Å². The van der Waals surface area contributed by atoms with Crippen LogP contribution >= 0.6 is 0 Å². The lowest BCUT2D eigenvalue weighted by Gasteiger charge is -2.40. The topological polar surface area (TPSA) is 36.5 Å². The van der Waals surface area contributed by atoms with E-state index in [1.807, 2.05) is 0 Å². The predicted molar refractivity (Wildman–Crippen MR) is 137 cm³/mol. The molecule has 2 aliphatic rings. The van der Waals surface area contributed by atoms with E-state index < -0.39 is 5.66 Å². The number of anilines is 2. The van der Waals surface area contributed by atoms with Gasteiger partial charge in [-0.1, -0.05) is 68.4 Å². The van der Waals surface area contributed by atoms with E-state index in [9.17, 15) is 0 Å². The van der Waals surface area contributed by atoms with Gasteiger partial charge < -0.3 is 20.3 Å². The lowest BCUT2D eigenvalue weighted by molar-refractivity contribution is 0.222. The number of benzene rings is 4. The van der Waals surface area contributed by atoms with E-state index in [2.05, 4.69) is 108 Å². The van der Waals surface area contributed by atoms with Crippen LogP contribution in [-0.4, -0.2) is 31.1 Å². The van der Waals surface area contributed by atoms with E-state index in [-0.39, 0.29) is 0 Å². The van der Waals surface area contributed by atoms with E-state index in [1.54, 1.807) is 0 Å². The van der Waals surface area contributed by atoms with Crippen molar-refractivity contribution in [2.24, 2.45) is 0 Å². The fourth-order valence-corrected chi connectivity index (χ4v) is 5.43. The summed E-state index contributed by atoms with van der Waals surface area (Å²) < 4.78 is 6.23. The second-order valence-corrected chi connectivity index (χ2v) is 8.84. The first-order valence-electron chi connectivity index (χ1n) is 11.9. The molecule has 1 heterocycles. The Morgan fingerprint density at radius 1 is 0.758 bits per heavy atom. The lowest BCUT2D eigenvalue weighted by Crippen LogP contribution is -2.44. The van der Waals surface area contributed by atoms with E-state index in [4.69, 9.17) is 4.74 Å². The molecule has 4 aromatic carbocycles. The fraction of sp³-hybridized carbons (Fsp3) is 0.241. The Labute approximate surface area is 195 Å². The molecule has 33 heavy (non-hydrogen) atoms. The summed E-state index contributed by atoms with van der Waals surface area (Å²) in [5.41, 5.74) is 6.71. The number of nitrogens with zero attached hydrogens (tertiary/aromatic N) is 1. The maximum absolute atomic E-state index is 6.23. The van der Waals surface area contributed by atoms with Gasteiger partial charge in [0.25, 0.3) is 0 Å². The highest BCUT2D eigenvalue weighted by Gasteiger charge is 2.46. The molecule has 0 aromatic heterocycles. The van der Waals surface area contributed by atoms with Crippen molar-refractivity contribution in [2.45, 2.75) is 19.5 Å². The van der Waals surface area contributed by atoms with Crippen LogP contribution in [0.25, 0.3) is 21.9 Å². The van der Waals surface area contributed by atoms with Crippen molar-refractivity contribution in [3.63, 3.8) is 0 Å². The van der Waals surface area contributed by atoms with Crippen LogP contribution in [0.4, 0.5) is 11.4 Å². The molecule has 0 radical (unpaired) electrons. The summed E-state index contributed by atoms with van der Waals surface area (Å²) in [6.45, 7) is 8.09. The average molecular weight is 436 g/mol. The van der Waals surface area contributed by atoms with Crippen molar-refractivity contribution in [3.8, 4) is 16.9 Å². The highest BCUT2D eigenvalue weighted by molar-refractivity contribution is 6.06. The van der Waals surface area contributed by atoms with Gasteiger partial charge in [-0.15, -0.1) is 0 Å². The molecule has 0 unspecified atom stereocenters. The molecular weight excluding hydrogens is 406 g/mol. The molecule has 0 atom stereocenters. The zero-order valence-corrected chi connectivity index (χ0v) is 19.2. The minimum atomic E-state index is -0.535. The van der Waals surface area contributed by atoms with Gasteiger partial charge in [-0.05, 0) is 53.9 Å².